The van der Waals surface area contributed by atoms with E-state index < -0.39 is 4.92 Å². The predicted octanol–water partition coefficient (Wildman–Crippen LogP) is 1.27. The average Bonchev–Trinajstić information content (AvgIpc) is 3.12. The lowest BCUT2D eigenvalue weighted by Gasteiger charge is -2.17. The SMILES string of the molecule is CCNC(=NCc1ccccc1[N+](=O)[O-])NCC(=O)N1CCCC1. The van der Waals surface area contributed by atoms with Gasteiger partial charge in [-0.05, 0) is 19.8 Å². The first-order valence-electron chi connectivity index (χ1n) is 8.14. The second-order valence-corrected chi connectivity index (χ2v) is 5.52. The van der Waals surface area contributed by atoms with E-state index in [0.29, 0.717) is 18.1 Å². The van der Waals surface area contributed by atoms with E-state index in [2.05, 4.69) is 15.6 Å². The molecule has 0 spiro atoms. The normalized spacial score (nSPS) is 14.5. The molecule has 0 aliphatic carbocycles. The summed E-state index contributed by atoms with van der Waals surface area (Å²) in [4.78, 5) is 28.9. The minimum Gasteiger partial charge on any atom is -0.357 e. The predicted molar refractivity (Wildman–Crippen MR) is 91.7 cm³/mol. The van der Waals surface area contributed by atoms with E-state index >= 15 is 0 Å². The molecule has 1 fully saturated rings. The number of hydrogen-bond donors (Lipinski definition) is 2. The van der Waals surface area contributed by atoms with Gasteiger partial charge >= 0.3 is 0 Å². The zero-order chi connectivity index (χ0) is 17.4. The zero-order valence-electron chi connectivity index (χ0n) is 13.8. The smallest absolute Gasteiger partial charge is 0.274 e. The molecule has 0 radical (unpaired) electrons. The Morgan fingerprint density at radius 3 is 2.67 bits per heavy atom. The maximum Gasteiger partial charge on any atom is 0.274 e. The lowest BCUT2D eigenvalue weighted by molar-refractivity contribution is -0.385. The minimum atomic E-state index is -0.415. The van der Waals surface area contributed by atoms with E-state index in [9.17, 15) is 14.9 Å². The number of likely N-dealkylation sites (tertiary alicyclic amines) is 1. The molecule has 1 heterocycles. The quantitative estimate of drug-likeness (QED) is 0.353. The Labute approximate surface area is 141 Å². The van der Waals surface area contributed by atoms with Crippen molar-refractivity contribution in [1.82, 2.24) is 15.5 Å². The molecule has 1 amide bonds. The number of aliphatic imine (C=N–C) groups is 1. The summed E-state index contributed by atoms with van der Waals surface area (Å²) in [6.07, 6.45) is 2.11. The van der Waals surface area contributed by atoms with Crippen molar-refractivity contribution in [2.75, 3.05) is 26.2 Å². The lowest BCUT2D eigenvalue weighted by Crippen LogP contribution is -2.44. The standard InChI is InChI=1S/C16H23N5O3/c1-2-17-16(19-12-15(22)20-9-5-6-10-20)18-11-13-7-3-4-8-14(13)21(23)24/h3-4,7-8H,2,5-6,9-12H2,1H3,(H2,17,18,19). The summed E-state index contributed by atoms with van der Waals surface area (Å²) >= 11 is 0. The van der Waals surface area contributed by atoms with E-state index in [0.717, 1.165) is 25.9 Å². The zero-order valence-corrected chi connectivity index (χ0v) is 13.8. The summed E-state index contributed by atoms with van der Waals surface area (Å²) in [5.74, 6) is 0.520. The van der Waals surface area contributed by atoms with E-state index in [-0.39, 0.29) is 24.7 Å². The molecule has 1 aliphatic rings. The molecule has 1 aromatic carbocycles. The van der Waals surface area contributed by atoms with Crippen molar-refractivity contribution in [2.24, 2.45) is 4.99 Å². The van der Waals surface area contributed by atoms with Crippen LogP contribution in [0.25, 0.3) is 0 Å². The number of nitrogens with zero attached hydrogens (tertiary/aromatic N) is 3. The van der Waals surface area contributed by atoms with Gasteiger partial charge in [0.25, 0.3) is 5.69 Å². The van der Waals surface area contributed by atoms with Gasteiger partial charge in [-0.15, -0.1) is 0 Å². The first-order valence-corrected chi connectivity index (χ1v) is 8.14. The van der Waals surface area contributed by atoms with Crippen molar-refractivity contribution in [3.8, 4) is 0 Å². The van der Waals surface area contributed by atoms with Crippen LogP contribution in [0.15, 0.2) is 29.3 Å². The van der Waals surface area contributed by atoms with E-state index in [1.165, 1.54) is 6.07 Å². The van der Waals surface area contributed by atoms with Crippen LogP contribution in [0.4, 0.5) is 5.69 Å². The number of guanidine groups is 1. The van der Waals surface area contributed by atoms with Crippen LogP contribution in [0.1, 0.15) is 25.3 Å². The fourth-order valence-electron chi connectivity index (χ4n) is 2.57. The highest BCUT2D eigenvalue weighted by Gasteiger charge is 2.18. The molecule has 0 atom stereocenters. The molecule has 130 valence electrons. The highest BCUT2D eigenvalue weighted by molar-refractivity contribution is 5.86. The number of nitro groups is 1. The summed E-state index contributed by atoms with van der Waals surface area (Å²) in [6.45, 7) is 4.52. The van der Waals surface area contributed by atoms with Crippen LogP contribution in [0.2, 0.25) is 0 Å². The van der Waals surface area contributed by atoms with Gasteiger partial charge in [-0.3, -0.25) is 14.9 Å². The molecule has 8 nitrogen and oxygen atoms in total. The Morgan fingerprint density at radius 2 is 2.00 bits per heavy atom. The Morgan fingerprint density at radius 1 is 1.29 bits per heavy atom. The number of para-hydroxylation sites is 1. The number of rotatable bonds is 6. The molecule has 24 heavy (non-hydrogen) atoms. The molecule has 2 rings (SSSR count). The third-order valence-corrected chi connectivity index (χ3v) is 3.81. The minimum absolute atomic E-state index is 0.0452. The summed E-state index contributed by atoms with van der Waals surface area (Å²) < 4.78 is 0. The lowest BCUT2D eigenvalue weighted by atomic mass is 10.2. The van der Waals surface area contributed by atoms with Gasteiger partial charge in [0.15, 0.2) is 5.96 Å². The van der Waals surface area contributed by atoms with Crippen LogP contribution >= 0.6 is 0 Å². The van der Waals surface area contributed by atoms with Gasteiger partial charge < -0.3 is 15.5 Å². The third kappa shape index (κ3) is 4.94. The largest absolute Gasteiger partial charge is 0.357 e. The van der Waals surface area contributed by atoms with Crippen LogP contribution in [-0.4, -0.2) is 47.9 Å². The highest BCUT2D eigenvalue weighted by atomic mass is 16.6. The van der Waals surface area contributed by atoms with Gasteiger partial charge in [-0.25, -0.2) is 4.99 Å². The molecule has 0 saturated carbocycles. The fourth-order valence-corrected chi connectivity index (χ4v) is 2.57. The van der Waals surface area contributed by atoms with Crippen molar-refractivity contribution in [3.05, 3.63) is 39.9 Å². The van der Waals surface area contributed by atoms with Crippen LogP contribution in [0, 0.1) is 10.1 Å². The Kier molecular flexibility index (Phi) is 6.53. The van der Waals surface area contributed by atoms with Crippen molar-refractivity contribution < 1.29 is 9.72 Å². The number of nitro benzene ring substituents is 1. The molecule has 2 N–H and O–H groups in total. The second-order valence-electron chi connectivity index (χ2n) is 5.52. The first kappa shape index (κ1) is 17.7. The second kappa shape index (κ2) is 8.85. The van der Waals surface area contributed by atoms with Gasteiger partial charge in [0.05, 0.1) is 23.6 Å². The van der Waals surface area contributed by atoms with Gasteiger partial charge in [-0.2, -0.15) is 0 Å². The fraction of sp³-hybridized carbons (Fsp3) is 0.500. The van der Waals surface area contributed by atoms with Crippen LogP contribution in [0.3, 0.4) is 0 Å². The van der Waals surface area contributed by atoms with Crippen molar-refractivity contribution in [3.63, 3.8) is 0 Å². The number of nitrogens with one attached hydrogen (secondary N) is 2. The molecule has 1 saturated heterocycles. The maximum atomic E-state index is 12.1. The van der Waals surface area contributed by atoms with E-state index in [1.807, 2.05) is 11.8 Å². The number of carbonyl (C=O) groups is 1. The average molecular weight is 333 g/mol. The Balaban J connectivity index is 1.97. The van der Waals surface area contributed by atoms with Crippen LogP contribution in [0.5, 0.6) is 0 Å². The van der Waals surface area contributed by atoms with Gasteiger partial charge in [0.2, 0.25) is 5.91 Å². The molecule has 0 aromatic heterocycles. The highest BCUT2D eigenvalue weighted by Crippen LogP contribution is 2.18. The molecule has 1 aromatic rings. The number of carbonyl (C=O) groups excluding carboxylic acids is 1. The third-order valence-electron chi connectivity index (χ3n) is 3.81. The Hall–Kier alpha value is -2.64. The molecule has 0 unspecified atom stereocenters. The van der Waals surface area contributed by atoms with Crippen molar-refractivity contribution >= 4 is 17.6 Å². The summed E-state index contributed by atoms with van der Waals surface area (Å²) in [6, 6.07) is 6.52. The van der Waals surface area contributed by atoms with Crippen LogP contribution < -0.4 is 10.6 Å². The van der Waals surface area contributed by atoms with E-state index in [1.54, 1.807) is 18.2 Å². The summed E-state index contributed by atoms with van der Waals surface area (Å²) in [5, 5.41) is 17.1. The van der Waals surface area contributed by atoms with Crippen molar-refractivity contribution in [2.45, 2.75) is 26.3 Å². The van der Waals surface area contributed by atoms with Crippen molar-refractivity contribution in [1.29, 1.82) is 0 Å². The topological polar surface area (TPSA) is 99.9 Å². The van der Waals surface area contributed by atoms with Gasteiger partial charge in [0.1, 0.15) is 0 Å². The number of benzene rings is 1. The molecule has 0 bridgehead atoms. The molecular formula is C16H23N5O3. The van der Waals surface area contributed by atoms with E-state index in [4.69, 9.17) is 0 Å². The summed E-state index contributed by atoms with van der Waals surface area (Å²) in [5.41, 5.74) is 0.579. The maximum absolute atomic E-state index is 12.1. The summed E-state index contributed by atoms with van der Waals surface area (Å²) in [7, 11) is 0. The van der Waals surface area contributed by atoms with Gasteiger partial charge in [-0.1, -0.05) is 18.2 Å². The number of amides is 1. The monoisotopic (exact) mass is 333 g/mol. The molecular weight excluding hydrogens is 310 g/mol. The number of hydrogen-bond acceptors (Lipinski definition) is 4. The molecule has 8 heteroatoms. The first-order chi connectivity index (χ1) is 11.6. The Bertz CT molecular complexity index is 611. The van der Waals surface area contributed by atoms with Gasteiger partial charge in [0, 0.05) is 25.7 Å². The van der Waals surface area contributed by atoms with Crippen LogP contribution in [-0.2, 0) is 11.3 Å². The molecule has 1 aliphatic heterocycles.